The molecule has 1 heterocycles. The van der Waals surface area contributed by atoms with Crippen molar-refractivity contribution in [2.45, 2.75) is 53.0 Å². The van der Waals surface area contributed by atoms with Gasteiger partial charge in [-0.15, -0.1) is 0 Å². The van der Waals surface area contributed by atoms with Crippen LogP contribution in [-0.2, 0) is 17.8 Å². The van der Waals surface area contributed by atoms with E-state index in [0.29, 0.717) is 19.6 Å². The number of unbranched alkanes of at least 4 members (excludes halogenated alkanes) is 1. The van der Waals surface area contributed by atoms with Crippen LogP contribution in [0.5, 0.6) is 5.75 Å². The van der Waals surface area contributed by atoms with Gasteiger partial charge in [-0.3, -0.25) is 4.79 Å². The number of ether oxygens (including phenoxy) is 1. The number of imidazole rings is 1. The Bertz CT molecular complexity index is 962. The second-order valence-electron chi connectivity index (χ2n) is 7.45. The minimum atomic E-state index is 0.0798. The first-order chi connectivity index (χ1) is 14.1. The fraction of sp³-hybridized carbons (Fsp3) is 0.417. The fourth-order valence-corrected chi connectivity index (χ4v) is 3.52. The van der Waals surface area contributed by atoms with Gasteiger partial charge in [-0.1, -0.05) is 36.8 Å². The Hall–Kier alpha value is -2.82. The lowest BCUT2D eigenvalue weighted by Gasteiger charge is -2.12. The van der Waals surface area contributed by atoms with Crippen molar-refractivity contribution in [1.82, 2.24) is 14.9 Å². The molecule has 0 fully saturated rings. The van der Waals surface area contributed by atoms with Crippen LogP contribution < -0.4 is 10.1 Å². The van der Waals surface area contributed by atoms with Crippen molar-refractivity contribution >= 4 is 16.9 Å². The molecule has 3 rings (SSSR count). The second-order valence-corrected chi connectivity index (χ2v) is 7.45. The van der Waals surface area contributed by atoms with Gasteiger partial charge in [-0.2, -0.15) is 0 Å². The summed E-state index contributed by atoms with van der Waals surface area (Å²) in [6, 6.07) is 14.5. The summed E-state index contributed by atoms with van der Waals surface area (Å²) in [4.78, 5) is 16.3. The van der Waals surface area contributed by atoms with Gasteiger partial charge in [0.15, 0.2) is 0 Å². The number of amides is 1. The van der Waals surface area contributed by atoms with E-state index < -0.39 is 0 Å². The Kier molecular flexibility index (Phi) is 7.28. The lowest BCUT2D eigenvalue weighted by atomic mass is 10.1. The Labute approximate surface area is 173 Å². The van der Waals surface area contributed by atoms with E-state index in [-0.39, 0.29) is 5.91 Å². The van der Waals surface area contributed by atoms with Crippen molar-refractivity contribution in [3.63, 3.8) is 0 Å². The van der Waals surface area contributed by atoms with Crippen molar-refractivity contribution < 1.29 is 9.53 Å². The number of para-hydroxylation sites is 2. The van der Waals surface area contributed by atoms with Crippen LogP contribution in [0, 0.1) is 13.8 Å². The molecule has 0 spiro atoms. The van der Waals surface area contributed by atoms with Crippen molar-refractivity contribution in [3.8, 4) is 5.75 Å². The summed E-state index contributed by atoms with van der Waals surface area (Å²) in [5, 5.41) is 2.94. The Balaban J connectivity index is 1.56. The van der Waals surface area contributed by atoms with Crippen molar-refractivity contribution in [1.29, 1.82) is 0 Å². The molecule has 0 aliphatic rings. The molecule has 29 heavy (non-hydrogen) atoms. The van der Waals surface area contributed by atoms with Crippen LogP contribution in [0.1, 0.15) is 43.1 Å². The lowest BCUT2D eigenvalue weighted by molar-refractivity contribution is -0.120. The molecule has 3 aromatic rings. The Morgan fingerprint density at radius 3 is 2.76 bits per heavy atom. The quantitative estimate of drug-likeness (QED) is 0.513. The summed E-state index contributed by atoms with van der Waals surface area (Å²) < 4.78 is 8.24. The van der Waals surface area contributed by atoms with Gasteiger partial charge in [0.25, 0.3) is 0 Å². The number of hydrogen-bond donors (Lipinski definition) is 1. The van der Waals surface area contributed by atoms with Crippen molar-refractivity contribution in [2.75, 3.05) is 13.2 Å². The summed E-state index contributed by atoms with van der Waals surface area (Å²) in [5.74, 6) is 2.07. The molecule has 0 atom stereocenters. The zero-order valence-electron chi connectivity index (χ0n) is 17.7. The Morgan fingerprint density at radius 1 is 1.14 bits per heavy atom. The van der Waals surface area contributed by atoms with Gasteiger partial charge in [-0.25, -0.2) is 4.98 Å². The molecule has 1 aromatic heterocycles. The standard InChI is InChI=1S/C24H31N3O2/c1-4-24(28)25-14-13-23-26-20-9-5-6-10-21(20)27(23)15-7-8-16-29-22-12-11-18(2)17-19(22)3/h5-6,9-12,17H,4,7-8,13-16H2,1-3H3,(H,25,28). The van der Waals surface area contributed by atoms with E-state index in [1.54, 1.807) is 0 Å². The number of benzene rings is 2. The first-order valence-electron chi connectivity index (χ1n) is 10.5. The van der Waals surface area contributed by atoms with Crippen molar-refractivity contribution in [3.05, 3.63) is 59.4 Å². The maximum Gasteiger partial charge on any atom is 0.219 e. The number of rotatable bonds is 10. The predicted molar refractivity (Wildman–Crippen MR) is 117 cm³/mol. The second kappa shape index (κ2) is 10.1. The summed E-state index contributed by atoms with van der Waals surface area (Å²) in [5.41, 5.74) is 4.60. The third-order valence-corrected chi connectivity index (χ3v) is 5.09. The number of nitrogens with zero attached hydrogens (tertiary/aromatic N) is 2. The van der Waals surface area contributed by atoms with Crippen LogP contribution in [0.4, 0.5) is 0 Å². The SMILES string of the molecule is CCC(=O)NCCc1nc2ccccc2n1CCCCOc1ccc(C)cc1C. The van der Waals surface area contributed by atoms with Crippen molar-refractivity contribution in [2.24, 2.45) is 0 Å². The molecule has 1 N–H and O–H groups in total. The third-order valence-electron chi connectivity index (χ3n) is 5.09. The molecule has 0 radical (unpaired) electrons. The number of carbonyl (C=O) groups excluding carboxylic acids is 1. The largest absolute Gasteiger partial charge is 0.493 e. The molecule has 2 aromatic carbocycles. The van der Waals surface area contributed by atoms with Gasteiger partial charge in [0.05, 0.1) is 17.6 Å². The van der Waals surface area contributed by atoms with Gasteiger partial charge in [-0.05, 0) is 50.5 Å². The van der Waals surface area contributed by atoms with Gasteiger partial charge in [0.1, 0.15) is 11.6 Å². The van der Waals surface area contributed by atoms with Gasteiger partial charge < -0.3 is 14.6 Å². The molecule has 154 valence electrons. The normalized spacial score (nSPS) is 11.0. The van der Waals surface area contributed by atoms with Crippen LogP contribution >= 0.6 is 0 Å². The van der Waals surface area contributed by atoms with Crippen LogP contribution in [-0.4, -0.2) is 28.6 Å². The number of aryl methyl sites for hydroxylation is 3. The van der Waals surface area contributed by atoms with Gasteiger partial charge in [0, 0.05) is 25.9 Å². The van der Waals surface area contributed by atoms with Crippen LogP contribution in [0.25, 0.3) is 11.0 Å². The molecule has 0 aliphatic carbocycles. The molecule has 1 amide bonds. The average Bonchev–Trinajstić information content (AvgIpc) is 3.06. The zero-order chi connectivity index (χ0) is 20.6. The number of nitrogens with one attached hydrogen (secondary N) is 1. The zero-order valence-corrected chi connectivity index (χ0v) is 17.7. The highest BCUT2D eigenvalue weighted by atomic mass is 16.5. The number of aromatic nitrogens is 2. The van der Waals surface area contributed by atoms with Gasteiger partial charge in [0.2, 0.25) is 5.91 Å². The molecular weight excluding hydrogens is 362 g/mol. The highest BCUT2D eigenvalue weighted by Gasteiger charge is 2.10. The summed E-state index contributed by atoms with van der Waals surface area (Å²) in [6.07, 6.45) is 3.24. The monoisotopic (exact) mass is 393 g/mol. The smallest absolute Gasteiger partial charge is 0.219 e. The van der Waals surface area contributed by atoms with Crippen LogP contribution in [0.3, 0.4) is 0 Å². The molecule has 0 unspecified atom stereocenters. The minimum Gasteiger partial charge on any atom is -0.493 e. The van der Waals surface area contributed by atoms with Gasteiger partial charge >= 0.3 is 0 Å². The minimum absolute atomic E-state index is 0.0798. The van der Waals surface area contributed by atoms with E-state index in [9.17, 15) is 4.79 Å². The maximum atomic E-state index is 11.5. The molecule has 0 aliphatic heterocycles. The highest BCUT2D eigenvalue weighted by molar-refractivity contribution is 5.76. The van der Waals surface area contributed by atoms with E-state index in [1.165, 1.54) is 11.1 Å². The highest BCUT2D eigenvalue weighted by Crippen LogP contribution is 2.20. The van der Waals surface area contributed by atoms with E-state index in [1.807, 2.05) is 25.1 Å². The average molecular weight is 394 g/mol. The van der Waals surface area contributed by atoms with Crippen LogP contribution in [0.15, 0.2) is 42.5 Å². The first kappa shape index (κ1) is 20.9. The fourth-order valence-electron chi connectivity index (χ4n) is 3.52. The maximum absolute atomic E-state index is 11.5. The summed E-state index contributed by atoms with van der Waals surface area (Å²) in [7, 11) is 0. The third kappa shape index (κ3) is 5.59. The lowest BCUT2D eigenvalue weighted by Crippen LogP contribution is -2.25. The number of carbonyl (C=O) groups is 1. The number of hydrogen-bond acceptors (Lipinski definition) is 3. The van der Waals surface area contributed by atoms with E-state index in [0.717, 1.165) is 48.4 Å². The molecule has 0 saturated heterocycles. The predicted octanol–water partition coefficient (Wildman–Crippen LogP) is 4.58. The van der Waals surface area contributed by atoms with E-state index >= 15 is 0 Å². The summed E-state index contributed by atoms with van der Waals surface area (Å²) >= 11 is 0. The van der Waals surface area contributed by atoms with Crippen LogP contribution in [0.2, 0.25) is 0 Å². The van der Waals surface area contributed by atoms with E-state index in [4.69, 9.17) is 9.72 Å². The van der Waals surface area contributed by atoms with E-state index in [2.05, 4.69) is 48.0 Å². The Morgan fingerprint density at radius 2 is 1.97 bits per heavy atom. The number of fused-ring (bicyclic) bond motifs is 1. The topological polar surface area (TPSA) is 56.2 Å². The molecule has 0 saturated carbocycles. The molecule has 0 bridgehead atoms. The molecular formula is C24H31N3O2. The molecule has 5 heteroatoms. The molecule has 5 nitrogen and oxygen atoms in total. The summed E-state index contributed by atoms with van der Waals surface area (Å²) in [6.45, 7) is 8.27. The first-order valence-corrected chi connectivity index (χ1v) is 10.5.